The molecule has 0 radical (unpaired) electrons. The highest BCUT2D eigenvalue weighted by atomic mass is 32.1. The first-order chi connectivity index (χ1) is 12.9. The van der Waals surface area contributed by atoms with E-state index in [2.05, 4.69) is 16.2 Å². The molecule has 0 atom stereocenters. The summed E-state index contributed by atoms with van der Waals surface area (Å²) in [7, 11) is 0. The number of amides is 2. The number of hydrogen-bond donors (Lipinski definition) is 3. The largest absolute Gasteiger partial charge is 0.484 e. The molecule has 2 aromatic carbocycles. The molecule has 3 N–H and O–H groups in total. The smallest absolute Gasteiger partial charge is 0.276 e. The fraction of sp³-hybridized carbons (Fsp3) is 0.150. The van der Waals surface area contributed by atoms with Crippen molar-refractivity contribution in [1.82, 2.24) is 16.2 Å². The molecule has 0 bridgehead atoms. The lowest BCUT2D eigenvalue weighted by atomic mass is 10.1. The molecule has 2 aromatic rings. The normalized spacial score (nSPS) is 10.3. The number of carbonyl (C=O) groups excluding carboxylic acids is 2. The van der Waals surface area contributed by atoms with Crippen LogP contribution >= 0.6 is 12.2 Å². The van der Waals surface area contributed by atoms with Crippen LogP contribution in [0, 0.1) is 13.8 Å². The van der Waals surface area contributed by atoms with Crippen LogP contribution in [0.1, 0.15) is 16.7 Å². The van der Waals surface area contributed by atoms with Crippen LogP contribution in [-0.4, -0.2) is 23.5 Å². The number of ether oxygens (including phenoxy) is 1. The maximum absolute atomic E-state index is 11.8. The molecule has 0 aliphatic carbocycles. The summed E-state index contributed by atoms with van der Waals surface area (Å²) in [6.45, 7) is 3.74. The molecule has 0 heterocycles. The Hall–Kier alpha value is -3.19. The van der Waals surface area contributed by atoms with Crippen LogP contribution in [0.4, 0.5) is 0 Å². The summed E-state index contributed by atoms with van der Waals surface area (Å²) in [6.07, 6.45) is 3.03. The van der Waals surface area contributed by atoms with Crippen molar-refractivity contribution in [3.8, 4) is 5.75 Å². The number of benzene rings is 2. The molecule has 0 aromatic heterocycles. The van der Waals surface area contributed by atoms with Crippen molar-refractivity contribution in [2.24, 2.45) is 0 Å². The molecule has 0 saturated carbocycles. The van der Waals surface area contributed by atoms with Crippen LogP contribution in [0.3, 0.4) is 0 Å². The highest BCUT2D eigenvalue weighted by Crippen LogP contribution is 2.11. The van der Waals surface area contributed by atoms with Gasteiger partial charge in [0.25, 0.3) is 5.91 Å². The Morgan fingerprint density at radius 1 is 1.04 bits per heavy atom. The second-order valence-electron chi connectivity index (χ2n) is 5.84. The average Bonchev–Trinajstić information content (AvgIpc) is 2.64. The van der Waals surface area contributed by atoms with Crippen LogP contribution in [0.5, 0.6) is 5.75 Å². The number of carbonyl (C=O) groups is 2. The minimum Gasteiger partial charge on any atom is -0.484 e. The van der Waals surface area contributed by atoms with Crippen molar-refractivity contribution < 1.29 is 14.3 Å². The summed E-state index contributed by atoms with van der Waals surface area (Å²) in [5.41, 5.74) is 7.89. The zero-order chi connectivity index (χ0) is 19.6. The van der Waals surface area contributed by atoms with Gasteiger partial charge in [-0.3, -0.25) is 25.8 Å². The summed E-state index contributed by atoms with van der Waals surface area (Å²) in [4.78, 5) is 23.6. The lowest BCUT2D eigenvalue weighted by Crippen LogP contribution is -2.49. The quantitative estimate of drug-likeness (QED) is 0.420. The van der Waals surface area contributed by atoms with E-state index in [1.807, 2.05) is 56.3 Å². The van der Waals surface area contributed by atoms with Gasteiger partial charge in [0.15, 0.2) is 11.7 Å². The minimum atomic E-state index is -0.427. The minimum absolute atomic E-state index is 0.0162. The van der Waals surface area contributed by atoms with Gasteiger partial charge in [0.2, 0.25) is 5.91 Å². The molecule has 2 amide bonds. The van der Waals surface area contributed by atoms with Crippen LogP contribution in [0.25, 0.3) is 6.08 Å². The molecule has 6 nitrogen and oxygen atoms in total. The van der Waals surface area contributed by atoms with Gasteiger partial charge in [-0.05, 0) is 55.4 Å². The Morgan fingerprint density at radius 3 is 2.48 bits per heavy atom. The summed E-state index contributed by atoms with van der Waals surface area (Å²) in [6, 6.07) is 15.1. The molecule has 0 saturated heterocycles. The van der Waals surface area contributed by atoms with E-state index in [4.69, 9.17) is 17.0 Å². The number of hydrogen-bond acceptors (Lipinski definition) is 4. The van der Waals surface area contributed by atoms with Crippen LogP contribution in [0.15, 0.2) is 54.6 Å². The van der Waals surface area contributed by atoms with Crippen LogP contribution < -0.4 is 20.9 Å². The van der Waals surface area contributed by atoms with E-state index in [9.17, 15) is 9.59 Å². The first kappa shape index (κ1) is 20.1. The van der Waals surface area contributed by atoms with Crippen molar-refractivity contribution in [3.63, 3.8) is 0 Å². The molecular weight excluding hydrogens is 362 g/mol. The van der Waals surface area contributed by atoms with Gasteiger partial charge in [-0.2, -0.15) is 0 Å². The SMILES string of the molecule is Cc1ccc(C=CC(=O)NC(=S)NNC(=O)COc2cccc(C)c2)cc1. The topological polar surface area (TPSA) is 79.5 Å². The highest BCUT2D eigenvalue weighted by molar-refractivity contribution is 7.80. The van der Waals surface area contributed by atoms with Gasteiger partial charge in [-0.15, -0.1) is 0 Å². The van der Waals surface area contributed by atoms with E-state index in [0.717, 1.165) is 16.7 Å². The summed E-state index contributed by atoms with van der Waals surface area (Å²) >= 11 is 4.96. The maximum atomic E-state index is 11.8. The van der Waals surface area contributed by atoms with E-state index in [0.29, 0.717) is 5.75 Å². The standard InChI is InChI=1S/C20H21N3O3S/c1-14-6-8-16(9-7-14)10-11-18(24)21-20(27)23-22-19(25)13-26-17-5-3-4-15(2)12-17/h3-12H,13H2,1-2H3,(H,22,25)(H2,21,23,24,27). The molecule has 0 spiro atoms. The van der Waals surface area contributed by atoms with Gasteiger partial charge in [-0.1, -0.05) is 42.0 Å². The van der Waals surface area contributed by atoms with E-state index in [1.165, 1.54) is 6.08 Å². The molecule has 27 heavy (non-hydrogen) atoms. The number of nitrogens with one attached hydrogen (secondary N) is 3. The van der Waals surface area contributed by atoms with E-state index in [1.54, 1.807) is 12.1 Å². The third-order valence-electron chi connectivity index (χ3n) is 3.42. The molecule has 7 heteroatoms. The van der Waals surface area contributed by atoms with Gasteiger partial charge in [-0.25, -0.2) is 0 Å². The average molecular weight is 383 g/mol. The molecule has 0 aliphatic heterocycles. The number of aryl methyl sites for hydroxylation is 2. The second-order valence-corrected chi connectivity index (χ2v) is 6.25. The van der Waals surface area contributed by atoms with Crippen LogP contribution in [-0.2, 0) is 9.59 Å². The van der Waals surface area contributed by atoms with E-state index >= 15 is 0 Å². The molecular formula is C20H21N3O3S. The second kappa shape index (κ2) is 10.1. The lowest BCUT2D eigenvalue weighted by Gasteiger charge is -2.10. The molecule has 0 unspecified atom stereocenters. The number of hydrazine groups is 1. The van der Waals surface area contributed by atoms with Gasteiger partial charge in [0.05, 0.1) is 0 Å². The monoisotopic (exact) mass is 383 g/mol. The van der Waals surface area contributed by atoms with Gasteiger partial charge in [0.1, 0.15) is 5.75 Å². The Kier molecular flexibility index (Phi) is 7.51. The third-order valence-corrected chi connectivity index (χ3v) is 3.62. The third kappa shape index (κ3) is 7.70. The molecule has 2 rings (SSSR count). The number of rotatable bonds is 5. The zero-order valence-electron chi connectivity index (χ0n) is 15.1. The van der Waals surface area contributed by atoms with Gasteiger partial charge in [0, 0.05) is 6.08 Å². The summed E-state index contributed by atoms with van der Waals surface area (Å²) < 4.78 is 5.36. The summed E-state index contributed by atoms with van der Waals surface area (Å²) in [5, 5.41) is 2.42. The van der Waals surface area contributed by atoms with Gasteiger partial charge < -0.3 is 4.74 Å². The Labute approximate surface area is 163 Å². The molecule has 0 aliphatic rings. The van der Waals surface area contributed by atoms with Crippen molar-refractivity contribution in [2.45, 2.75) is 13.8 Å². The highest BCUT2D eigenvalue weighted by Gasteiger charge is 2.05. The Bertz CT molecular complexity index is 848. The van der Waals surface area contributed by atoms with Crippen molar-refractivity contribution in [1.29, 1.82) is 0 Å². The number of thiocarbonyl (C=S) groups is 1. The van der Waals surface area contributed by atoms with E-state index < -0.39 is 11.8 Å². The summed E-state index contributed by atoms with van der Waals surface area (Å²) in [5.74, 6) is -0.232. The zero-order valence-corrected chi connectivity index (χ0v) is 15.9. The Morgan fingerprint density at radius 2 is 1.78 bits per heavy atom. The Balaban J connectivity index is 1.69. The predicted octanol–water partition coefficient (Wildman–Crippen LogP) is 2.42. The predicted molar refractivity (Wildman–Crippen MR) is 109 cm³/mol. The van der Waals surface area contributed by atoms with Crippen molar-refractivity contribution in [3.05, 3.63) is 71.3 Å². The van der Waals surface area contributed by atoms with Crippen LogP contribution in [0.2, 0.25) is 0 Å². The lowest BCUT2D eigenvalue weighted by molar-refractivity contribution is -0.123. The van der Waals surface area contributed by atoms with E-state index in [-0.39, 0.29) is 11.7 Å². The fourth-order valence-corrected chi connectivity index (χ4v) is 2.20. The molecule has 140 valence electrons. The first-order valence-corrected chi connectivity index (χ1v) is 8.67. The maximum Gasteiger partial charge on any atom is 0.276 e. The van der Waals surface area contributed by atoms with Crippen molar-refractivity contribution >= 4 is 35.2 Å². The molecule has 0 fully saturated rings. The first-order valence-electron chi connectivity index (χ1n) is 8.26. The van der Waals surface area contributed by atoms with Crippen molar-refractivity contribution in [2.75, 3.05) is 6.61 Å². The van der Waals surface area contributed by atoms with Gasteiger partial charge >= 0.3 is 0 Å². The fourth-order valence-electron chi connectivity index (χ4n) is 2.05.